The number of hydrogen-bond acceptors (Lipinski definition) is 3. The van der Waals surface area contributed by atoms with Crippen molar-refractivity contribution in [3.8, 4) is 0 Å². The molecule has 0 radical (unpaired) electrons. The minimum absolute atomic E-state index is 0.0922. The van der Waals surface area contributed by atoms with Crippen molar-refractivity contribution >= 4 is 5.91 Å². The second-order valence-corrected chi connectivity index (χ2v) is 5.21. The summed E-state index contributed by atoms with van der Waals surface area (Å²) in [6.07, 6.45) is 0.707. The molecule has 0 saturated carbocycles. The third-order valence-corrected chi connectivity index (χ3v) is 3.35. The number of aromatic nitrogens is 2. The Morgan fingerprint density at radius 1 is 1.41 bits per heavy atom. The summed E-state index contributed by atoms with van der Waals surface area (Å²) < 4.78 is 26.6. The number of halogens is 2. The summed E-state index contributed by atoms with van der Waals surface area (Å²) in [7, 11) is 0. The molecule has 118 valence electrons. The molecule has 0 saturated heterocycles. The van der Waals surface area contributed by atoms with Crippen LogP contribution in [0, 0.1) is 11.6 Å². The Kier molecular flexibility index (Phi) is 4.56. The predicted molar refractivity (Wildman–Crippen MR) is 76.2 cm³/mol. The molecule has 1 aromatic heterocycles. The van der Waals surface area contributed by atoms with Gasteiger partial charge in [0.05, 0.1) is 6.54 Å². The molecule has 2 aromatic rings. The molecule has 5 nitrogen and oxygen atoms in total. The molecule has 7 heteroatoms. The van der Waals surface area contributed by atoms with E-state index < -0.39 is 23.1 Å². The number of hydrogen-bond donors (Lipinski definition) is 3. The van der Waals surface area contributed by atoms with Gasteiger partial charge in [-0.25, -0.2) is 8.78 Å². The third kappa shape index (κ3) is 3.48. The summed E-state index contributed by atoms with van der Waals surface area (Å²) in [5, 5.41) is 19.3. The first-order valence-electron chi connectivity index (χ1n) is 6.84. The molecule has 2 rings (SSSR count). The van der Waals surface area contributed by atoms with Gasteiger partial charge in [0.15, 0.2) is 0 Å². The summed E-state index contributed by atoms with van der Waals surface area (Å²) in [6, 6.07) is 4.49. The number of benzene rings is 1. The van der Waals surface area contributed by atoms with E-state index in [0.717, 1.165) is 17.8 Å². The van der Waals surface area contributed by atoms with E-state index >= 15 is 0 Å². The Balaban J connectivity index is 2.07. The van der Waals surface area contributed by atoms with Crippen molar-refractivity contribution in [1.82, 2.24) is 15.5 Å². The van der Waals surface area contributed by atoms with Gasteiger partial charge in [0.2, 0.25) is 0 Å². The van der Waals surface area contributed by atoms with E-state index in [-0.39, 0.29) is 17.8 Å². The summed E-state index contributed by atoms with van der Waals surface area (Å²) in [5.41, 5.74) is -0.767. The van der Waals surface area contributed by atoms with Gasteiger partial charge in [-0.1, -0.05) is 13.0 Å². The van der Waals surface area contributed by atoms with Crippen LogP contribution >= 0.6 is 0 Å². The van der Waals surface area contributed by atoms with Crippen molar-refractivity contribution in [2.75, 3.05) is 6.54 Å². The van der Waals surface area contributed by atoms with Crippen molar-refractivity contribution in [1.29, 1.82) is 0 Å². The lowest BCUT2D eigenvalue weighted by Gasteiger charge is -2.24. The van der Waals surface area contributed by atoms with Crippen LogP contribution in [0.15, 0.2) is 24.3 Å². The molecule has 22 heavy (non-hydrogen) atoms. The Morgan fingerprint density at radius 3 is 2.73 bits per heavy atom. The van der Waals surface area contributed by atoms with Gasteiger partial charge in [-0.3, -0.25) is 9.89 Å². The fourth-order valence-electron chi connectivity index (χ4n) is 2.02. The Labute approximate surface area is 126 Å². The molecule has 1 atom stereocenters. The highest BCUT2D eigenvalue weighted by Gasteiger charge is 2.28. The van der Waals surface area contributed by atoms with E-state index in [1.807, 2.05) is 6.92 Å². The molecule has 0 aliphatic heterocycles. The molecule has 1 aromatic carbocycles. The zero-order chi connectivity index (χ0) is 16.3. The van der Waals surface area contributed by atoms with E-state index in [2.05, 4.69) is 15.5 Å². The average Bonchev–Trinajstić information content (AvgIpc) is 2.93. The summed E-state index contributed by atoms with van der Waals surface area (Å²) in [6.45, 7) is 3.02. The molecule has 3 N–H and O–H groups in total. The van der Waals surface area contributed by atoms with Gasteiger partial charge in [-0.2, -0.15) is 5.10 Å². The minimum Gasteiger partial charge on any atom is -0.383 e. The third-order valence-electron chi connectivity index (χ3n) is 3.35. The molecule has 0 bridgehead atoms. The molecule has 1 unspecified atom stereocenters. The number of amides is 1. The second-order valence-electron chi connectivity index (χ2n) is 5.21. The van der Waals surface area contributed by atoms with Gasteiger partial charge in [-0.15, -0.1) is 0 Å². The zero-order valence-corrected chi connectivity index (χ0v) is 12.3. The molecule has 0 aliphatic carbocycles. The number of H-pyrrole nitrogens is 1. The predicted octanol–water partition coefficient (Wildman–Crippen LogP) is 1.89. The van der Waals surface area contributed by atoms with Crippen LogP contribution in [0.5, 0.6) is 0 Å². The fraction of sp³-hybridized carbons (Fsp3) is 0.333. The standard InChI is InChI=1S/C15H17F2N3O2/c1-3-10-7-13(20-19-10)14(21)18-8-15(2,22)11-5-4-9(16)6-12(11)17/h4-7,22H,3,8H2,1-2H3,(H,18,21)(H,19,20). The van der Waals surface area contributed by atoms with Crippen molar-refractivity contribution in [3.63, 3.8) is 0 Å². The highest BCUT2D eigenvalue weighted by Crippen LogP contribution is 2.23. The smallest absolute Gasteiger partial charge is 0.271 e. The maximum absolute atomic E-state index is 13.7. The van der Waals surface area contributed by atoms with Crippen LogP contribution in [0.1, 0.15) is 35.6 Å². The van der Waals surface area contributed by atoms with Gasteiger partial charge in [0.1, 0.15) is 22.9 Å². The summed E-state index contributed by atoms with van der Waals surface area (Å²) in [4.78, 5) is 11.9. The van der Waals surface area contributed by atoms with E-state index in [4.69, 9.17) is 0 Å². The molecular formula is C15H17F2N3O2. The Morgan fingerprint density at radius 2 is 2.14 bits per heavy atom. The van der Waals surface area contributed by atoms with Crippen LogP contribution in [0.25, 0.3) is 0 Å². The van der Waals surface area contributed by atoms with Gasteiger partial charge in [0.25, 0.3) is 5.91 Å². The first kappa shape index (κ1) is 16.1. The number of aryl methyl sites for hydroxylation is 1. The van der Waals surface area contributed by atoms with Crippen molar-refractivity contribution in [2.24, 2.45) is 0 Å². The van der Waals surface area contributed by atoms with Crippen molar-refractivity contribution < 1.29 is 18.7 Å². The van der Waals surface area contributed by atoms with Gasteiger partial charge in [-0.05, 0) is 25.5 Å². The summed E-state index contributed by atoms with van der Waals surface area (Å²) in [5.74, 6) is -2.09. The second kappa shape index (κ2) is 6.23. The van der Waals surface area contributed by atoms with Crippen molar-refractivity contribution in [3.05, 3.63) is 52.9 Å². The maximum Gasteiger partial charge on any atom is 0.271 e. The van der Waals surface area contributed by atoms with Crippen LogP contribution in [-0.4, -0.2) is 27.8 Å². The first-order valence-corrected chi connectivity index (χ1v) is 6.84. The van der Waals surface area contributed by atoms with Crippen LogP contribution < -0.4 is 5.32 Å². The molecule has 1 amide bonds. The number of nitrogens with one attached hydrogen (secondary N) is 2. The summed E-state index contributed by atoms with van der Waals surface area (Å²) >= 11 is 0. The van der Waals surface area contributed by atoms with Crippen LogP contribution in [0.4, 0.5) is 8.78 Å². The lowest BCUT2D eigenvalue weighted by molar-refractivity contribution is 0.0493. The number of aromatic amines is 1. The van der Waals surface area contributed by atoms with Gasteiger partial charge in [0, 0.05) is 17.3 Å². The number of nitrogens with zero attached hydrogens (tertiary/aromatic N) is 1. The van der Waals surface area contributed by atoms with E-state index in [0.29, 0.717) is 12.5 Å². The van der Waals surface area contributed by atoms with Gasteiger partial charge >= 0.3 is 0 Å². The maximum atomic E-state index is 13.7. The normalized spacial score (nSPS) is 13.7. The topological polar surface area (TPSA) is 78.0 Å². The highest BCUT2D eigenvalue weighted by atomic mass is 19.1. The molecular weight excluding hydrogens is 292 g/mol. The monoisotopic (exact) mass is 309 g/mol. The van der Waals surface area contributed by atoms with Crippen LogP contribution in [-0.2, 0) is 12.0 Å². The molecule has 0 spiro atoms. The number of carbonyl (C=O) groups is 1. The number of rotatable bonds is 5. The van der Waals surface area contributed by atoms with Gasteiger partial charge < -0.3 is 10.4 Å². The first-order chi connectivity index (χ1) is 10.3. The zero-order valence-electron chi connectivity index (χ0n) is 12.3. The van der Waals surface area contributed by atoms with Crippen LogP contribution in [0.3, 0.4) is 0 Å². The SMILES string of the molecule is CCc1cc(C(=O)NCC(C)(O)c2ccc(F)cc2F)n[nH]1. The van der Waals surface area contributed by atoms with Crippen molar-refractivity contribution in [2.45, 2.75) is 25.9 Å². The Bertz CT molecular complexity index is 683. The van der Waals surface area contributed by atoms with Crippen LogP contribution in [0.2, 0.25) is 0 Å². The molecule has 1 heterocycles. The fourth-order valence-corrected chi connectivity index (χ4v) is 2.02. The molecule has 0 fully saturated rings. The largest absolute Gasteiger partial charge is 0.383 e. The number of aliphatic hydroxyl groups is 1. The minimum atomic E-state index is -1.67. The van der Waals surface area contributed by atoms with E-state index in [1.165, 1.54) is 6.92 Å². The Hall–Kier alpha value is -2.28. The molecule has 0 aliphatic rings. The lowest BCUT2D eigenvalue weighted by atomic mass is 9.95. The average molecular weight is 309 g/mol. The highest BCUT2D eigenvalue weighted by molar-refractivity contribution is 5.92. The van der Waals surface area contributed by atoms with E-state index in [9.17, 15) is 18.7 Å². The quantitative estimate of drug-likeness (QED) is 0.789. The van der Waals surface area contributed by atoms with E-state index in [1.54, 1.807) is 6.07 Å². The lowest BCUT2D eigenvalue weighted by Crippen LogP contribution is -2.39. The number of carbonyl (C=O) groups excluding carboxylic acids is 1.